The van der Waals surface area contributed by atoms with Crippen molar-refractivity contribution in [3.8, 4) is 0 Å². The Morgan fingerprint density at radius 3 is 2.80 bits per heavy atom. The van der Waals surface area contributed by atoms with Crippen LogP contribution in [-0.2, 0) is 7.05 Å². The molecule has 0 atom stereocenters. The van der Waals surface area contributed by atoms with Crippen LogP contribution in [-0.4, -0.2) is 15.0 Å². The fourth-order valence-corrected chi connectivity index (χ4v) is 1.31. The lowest BCUT2D eigenvalue weighted by Crippen LogP contribution is -1.93. The van der Waals surface area contributed by atoms with Gasteiger partial charge in [0.15, 0.2) is 5.82 Å². The molecule has 0 unspecified atom stereocenters. The lowest BCUT2D eigenvalue weighted by molar-refractivity contribution is 0.627. The number of rotatable bonds is 2. The first-order valence-corrected chi connectivity index (χ1v) is 4.54. The van der Waals surface area contributed by atoms with Crippen LogP contribution in [0.25, 0.3) is 0 Å². The van der Waals surface area contributed by atoms with E-state index in [1.807, 2.05) is 6.92 Å². The second kappa shape index (κ2) is 3.68. The minimum atomic E-state index is -0.239. The van der Waals surface area contributed by atoms with Gasteiger partial charge in [-0.1, -0.05) is 5.21 Å². The Kier molecular flexibility index (Phi) is 2.37. The monoisotopic (exact) mass is 206 g/mol. The molecule has 0 aliphatic carbocycles. The Bertz CT molecular complexity index is 478. The maximum absolute atomic E-state index is 12.8. The van der Waals surface area contributed by atoms with E-state index in [1.54, 1.807) is 24.0 Å². The predicted octanol–water partition coefficient (Wildman–Crippen LogP) is 2.01. The number of nitrogens with zero attached hydrogens (tertiary/aromatic N) is 3. The first-order chi connectivity index (χ1) is 7.15. The van der Waals surface area contributed by atoms with Crippen LogP contribution in [0.3, 0.4) is 0 Å². The van der Waals surface area contributed by atoms with Gasteiger partial charge in [0.05, 0.1) is 6.20 Å². The van der Waals surface area contributed by atoms with Crippen molar-refractivity contribution in [3.63, 3.8) is 0 Å². The molecule has 0 aliphatic rings. The fraction of sp³-hybridized carbons (Fsp3) is 0.200. The van der Waals surface area contributed by atoms with Crippen molar-refractivity contribution in [1.29, 1.82) is 0 Å². The normalized spacial score (nSPS) is 10.3. The molecule has 0 bridgehead atoms. The van der Waals surface area contributed by atoms with E-state index in [1.165, 1.54) is 12.1 Å². The topological polar surface area (TPSA) is 42.7 Å². The van der Waals surface area contributed by atoms with Crippen LogP contribution < -0.4 is 5.32 Å². The lowest BCUT2D eigenvalue weighted by atomic mass is 10.2. The number of halogens is 1. The number of anilines is 2. The van der Waals surface area contributed by atoms with Gasteiger partial charge in [0, 0.05) is 12.7 Å². The van der Waals surface area contributed by atoms with Gasteiger partial charge in [0.2, 0.25) is 0 Å². The summed E-state index contributed by atoms with van der Waals surface area (Å²) in [7, 11) is 1.79. The number of benzene rings is 1. The second-order valence-electron chi connectivity index (χ2n) is 3.36. The van der Waals surface area contributed by atoms with E-state index in [4.69, 9.17) is 0 Å². The highest BCUT2D eigenvalue weighted by Gasteiger charge is 2.02. The predicted molar refractivity (Wildman–Crippen MR) is 55.4 cm³/mol. The minimum Gasteiger partial charge on any atom is -0.337 e. The average Bonchev–Trinajstić information content (AvgIpc) is 2.56. The summed E-state index contributed by atoms with van der Waals surface area (Å²) in [5.74, 6) is 0.407. The zero-order valence-electron chi connectivity index (χ0n) is 8.53. The van der Waals surface area contributed by atoms with Gasteiger partial charge in [0.25, 0.3) is 0 Å². The third-order valence-electron chi connectivity index (χ3n) is 2.05. The number of nitrogens with one attached hydrogen (secondary N) is 1. The Balaban J connectivity index is 2.24. The average molecular weight is 206 g/mol. The minimum absolute atomic E-state index is 0.239. The van der Waals surface area contributed by atoms with Gasteiger partial charge in [-0.25, -0.2) is 4.39 Å². The number of hydrogen-bond donors (Lipinski definition) is 1. The molecule has 1 heterocycles. The first-order valence-electron chi connectivity index (χ1n) is 4.54. The molecule has 1 N–H and O–H groups in total. The largest absolute Gasteiger partial charge is 0.337 e. The number of aromatic nitrogens is 3. The van der Waals surface area contributed by atoms with Crippen LogP contribution in [0.2, 0.25) is 0 Å². The van der Waals surface area contributed by atoms with Crippen LogP contribution in [0.15, 0.2) is 24.4 Å². The molecule has 78 valence electrons. The smallest absolute Gasteiger partial charge is 0.172 e. The summed E-state index contributed by atoms with van der Waals surface area (Å²) in [6, 6.07) is 4.56. The third kappa shape index (κ3) is 2.12. The van der Waals surface area contributed by atoms with Gasteiger partial charge in [0.1, 0.15) is 5.82 Å². The van der Waals surface area contributed by atoms with Gasteiger partial charge >= 0.3 is 0 Å². The molecule has 0 amide bonds. The summed E-state index contributed by atoms with van der Waals surface area (Å²) in [4.78, 5) is 0. The van der Waals surface area contributed by atoms with Gasteiger partial charge in [-0.15, -0.1) is 5.10 Å². The zero-order chi connectivity index (χ0) is 10.8. The summed E-state index contributed by atoms with van der Waals surface area (Å²) in [6.07, 6.45) is 1.75. The second-order valence-corrected chi connectivity index (χ2v) is 3.36. The Morgan fingerprint density at radius 2 is 2.20 bits per heavy atom. The highest BCUT2D eigenvalue weighted by atomic mass is 19.1. The number of aryl methyl sites for hydroxylation is 2. The van der Waals surface area contributed by atoms with Gasteiger partial charge in [-0.05, 0) is 30.7 Å². The van der Waals surface area contributed by atoms with Crippen LogP contribution in [0.1, 0.15) is 5.56 Å². The van der Waals surface area contributed by atoms with Crippen molar-refractivity contribution in [3.05, 3.63) is 35.8 Å². The van der Waals surface area contributed by atoms with Crippen molar-refractivity contribution in [2.45, 2.75) is 6.92 Å². The highest BCUT2D eigenvalue weighted by molar-refractivity contribution is 5.59. The van der Waals surface area contributed by atoms with Crippen LogP contribution in [0.4, 0.5) is 15.9 Å². The quantitative estimate of drug-likeness (QED) is 0.817. The maximum atomic E-state index is 12.8. The molecule has 4 nitrogen and oxygen atoms in total. The van der Waals surface area contributed by atoms with E-state index in [0.29, 0.717) is 5.82 Å². The van der Waals surface area contributed by atoms with E-state index in [2.05, 4.69) is 15.6 Å². The van der Waals surface area contributed by atoms with E-state index in [9.17, 15) is 4.39 Å². The Morgan fingerprint density at radius 1 is 1.40 bits per heavy atom. The molecule has 2 aromatic rings. The lowest BCUT2D eigenvalue weighted by Gasteiger charge is -2.05. The molecule has 0 saturated heterocycles. The van der Waals surface area contributed by atoms with E-state index >= 15 is 0 Å². The molecule has 0 spiro atoms. The van der Waals surface area contributed by atoms with Crippen molar-refractivity contribution in [2.24, 2.45) is 7.05 Å². The third-order valence-corrected chi connectivity index (χ3v) is 2.05. The van der Waals surface area contributed by atoms with Gasteiger partial charge < -0.3 is 5.32 Å². The fourth-order valence-electron chi connectivity index (χ4n) is 1.31. The van der Waals surface area contributed by atoms with Crippen molar-refractivity contribution in [1.82, 2.24) is 15.0 Å². The van der Waals surface area contributed by atoms with Gasteiger partial charge in [-0.2, -0.15) is 0 Å². The summed E-state index contributed by atoms with van der Waals surface area (Å²) in [6.45, 7) is 1.84. The van der Waals surface area contributed by atoms with Crippen molar-refractivity contribution < 1.29 is 4.39 Å². The molecule has 1 aromatic carbocycles. The summed E-state index contributed by atoms with van der Waals surface area (Å²) >= 11 is 0. The molecule has 0 radical (unpaired) electrons. The van der Waals surface area contributed by atoms with Crippen LogP contribution in [0, 0.1) is 12.7 Å². The first kappa shape index (κ1) is 9.64. The molecule has 5 heteroatoms. The van der Waals surface area contributed by atoms with Crippen LogP contribution >= 0.6 is 0 Å². The molecule has 0 aliphatic heterocycles. The van der Waals surface area contributed by atoms with E-state index in [-0.39, 0.29) is 5.82 Å². The van der Waals surface area contributed by atoms with Crippen molar-refractivity contribution in [2.75, 3.05) is 5.32 Å². The highest BCUT2D eigenvalue weighted by Crippen LogP contribution is 2.19. The van der Waals surface area contributed by atoms with E-state index < -0.39 is 0 Å². The maximum Gasteiger partial charge on any atom is 0.172 e. The van der Waals surface area contributed by atoms with Crippen LogP contribution in [0.5, 0.6) is 0 Å². The zero-order valence-corrected chi connectivity index (χ0v) is 8.53. The molecule has 0 saturated carbocycles. The molecule has 0 fully saturated rings. The summed E-state index contributed by atoms with van der Waals surface area (Å²) in [5, 5.41) is 10.7. The summed E-state index contributed by atoms with van der Waals surface area (Å²) < 4.78 is 14.4. The molecule has 15 heavy (non-hydrogen) atoms. The molecule has 2 rings (SSSR count). The Labute approximate surface area is 86.7 Å². The molecule has 1 aromatic heterocycles. The number of hydrogen-bond acceptors (Lipinski definition) is 3. The molecular formula is C10H11FN4. The summed E-state index contributed by atoms with van der Waals surface area (Å²) in [5.41, 5.74) is 1.66. The van der Waals surface area contributed by atoms with Gasteiger partial charge in [-0.3, -0.25) is 4.68 Å². The Hall–Kier alpha value is -1.91. The SMILES string of the molecule is Cc1cc(F)ccc1Nc1cn(C)nn1. The molecular weight excluding hydrogens is 195 g/mol. The van der Waals surface area contributed by atoms with Crippen molar-refractivity contribution >= 4 is 11.5 Å². The van der Waals surface area contributed by atoms with E-state index in [0.717, 1.165) is 11.3 Å². The standard InChI is InChI=1S/C10H11FN4/c1-7-5-8(11)3-4-9(7)12-10-6-15(2)14-13-10/h3-6,12H,1-2H3.